The first-order chi connectivity index (χ1) is 14.0. The van der Waals surface area contributed by atoms with E-state index < -0.39 is 17.7 Å². The Labute approximate surface area is 167 Å². The van der Waals surface area contributed by atoms with Crippen molar-refractivity contribution in [2.24, 2.45) is 0 Å². The number of benzene rings is 2. The number of hydrogen-bond donors (Lipinski definition) is 3. The molecule has 2 aromatic carbocycles. The summed E-state index contributed by atoms with van der Waals surface area (Å²) in [5, 5.41) is 7.75. The van der Waals surface area contributed by atoms with Crippen molar-refractivity contribution in [1.82, 2.24) is 10.2 Å². The summed E-state index contributed by atoms with van der Waals surface area (Å²) in [5.74, 6) is -1.56. The van der Waals surface area contributed by atoms with Gasteiger partial charge in [0, 0.05) is 50.2 Å². The summed E-state index contributed by atoms with van der Waals surface area (Å²) in [5.41, 5.74) is 1.41. The number of piperazine rings is 1. The van der Waals surface area contributed by atoms with E-state index in [0.29, 0.717) is 44.5 Å². The maximum absolute atomic E-state index is 13.6. The van der Waals surface area contributed by atoms with E-state index in [2.05, 4.69) is 20.9 Å². The average Bonchev–Trinajstić information content (AvgIpc) is 2.71. The number of carbonyl (C=O) groups is 2. The third-order valence-electron chi connectivity index (χ3n) is 4.56. The van der Waals surface area contributed by atoms with Gasteiger partial charge in [-0.1, -0.05) is 0 Å². The van der Waals surface area contributed by atoms with Crippen molar-refractivity contribution < 1.29 is 18.4 Å². The molecule has 0 aliphatic carbocycles. The standard InChI is InChI=1S/C20H23F2N5O2/c1-2-23-20(29)27-11-9-26(10-12-27)16-6-4-15(5-7-16)24-19(28)25-18-8-3-14(21)13-17(18)22/h3-8,13H,2,9-12H2,1H3,(H,23,29)(H2,24,25,28). The molecule has 0 aromatic heterocycles. The number of urea groups is 2. The number of halogens is 2. The van der Waals surface area contributed by atoms with Crippen molar-refractivity contribution in [2.45, 2.75) is 6.92 Å². The van der Waals surface area contributed by atoms with Crippen LogP contribution in [0.15, 0.2) is 42.5 Å². The van der Waals surface area contributed by atoms with Crippen LogP contribution in [0.25, 0.3) is 0 Å². The predicted octanol–water partition coefficient (Wildman–Crippen LogP) is 3.46. The van der Waals surface area contributed by atoms with Crippen LogP contribution in [-0.2, 0) is 0 Å². The molecular formula is C20H23F2N5O2. The van der Waals surface area contributed by atoms with Gasteiger partial charge in [0.05, 0.1) is 5.69 Å². The van der Waals surface area contributed by atoms with E-state index in [4.69, 9.17) is 0 Å². The summed E-state index contributed by atoms with van der Waals surface area (Å²) in [6.45, 7) is 5.20. The normalized spacial score (nSPS) is 13.8. The van der Waals surface area contributed by atoms with E-state index >= 15 is 0 Å². The molecule has 0 radical (unpaired) electrons. The lowest BCUT2D eigenvalue weighted by atomic mass is 10.2. The van der Waals surface area contributed by atoms with E-state index in [1.807, 2.05) is 19.1 Å². The highest BCUT2D eigenvalue weighted by Gasteiger charge is 2.20. The van der Waals surface area contributed by atoms with E-state index in [9.17, 15) is 18.4 Å². The van der Waals surface area contributed by atoms with Crippen LogP contribution in [0.2, 0.25) is 0 Å². The first-order valence-electron chi connectivity index (χ1n) is 9.37. The molecule has 1 aliphatic rings. The molecule has 0 unspecified atom stereocenters. The highest BCUT2D eigenvalue weighted by atomic mass is 19.1. The van der Waals surface area contributed by atoms with Crippen molar-refractivity contribution in [1.29, 1.82) is 0 Å². The first-order valence-corrected chi connectivity index (χ1v) is 9.37. The van der Waals surface area contributed by atoms with Gasteiger partial charge in [-0.05, 0) is 43.3 Å². The topological polar surface area (TPSA) is 76.7 Å². The van der Waals surface area contributed by atoms with Crippen LogP contribution in [-0.4, -0.2) is 49.7 Å². The summed E-state index contributed by atoms with van der Waals surface area (Å²) >= 11 is 0. The molecule has 0 spiro atoms. The fourth-order valence-corrected chi connectivity index (χ4v) is 3.06. The first kappa shape index (κ1) is 20.4. The lowest BCUT2D eigenvalue weighted by Gasteiger charge is -2.36. The highest BCUT2D eigenvalue weighted by molar-refractivity contribution is 5.99. The smallest absolute Gasteiger partial charge is 0.323 e. The largest absolute Gasteiger partial charge is 0.368 e. The van der Waals surface area contributed by atoms with Crippen molar-refractivity contribution in [3.8, 4) is 0 Å². The molecule has 4 amide bonds. The molecule has 0 atom stereocenters. The molecule has 3 N–H and O–H groups in total. The van der Waals surface area contributed by atoms with Crippen molar-refractivity contribution >= 4 is 29.1 Å². The van der Waals surface area contributed by atoms with E-state index in [-0.39, 0.29) is 11.7 Å². The Morgan fingerprint density at radius 1 is 0.966 bits per heavy atom. The summed E-state index contributed by atoms with van der Waals surface area (Å²) in [4.78, 5) is 27.8. The molecule has 154 valence electrons. The second-order valence-electron chi connectivity index (χ2n) is 6.56. The molecule has 29 heavy (non-hydrogen) atoms. The SMILES string of the molecule is CCNC(=O)N1CCN(c2ccc(NC(=O)Nc3ccc(F)cc3F)cc2)CC1. The van der Waals surface area contributed by atoms with Gasteiger partial charge < -0.3 is 25.8 Å². The summed E-state index contributed by atoms with van der Waals surface area (Å²) in [7, 11) is 0. The van der Waals surface area contributed by atoms with Gasteiger partial charge in [-0.2, -0.15) is 0 Å². The van der Waals surface area contributed by atoms with Gasteiger partial charge in [-0.25, -0.2) is 18.4 Å². The van der Waals surface area contributed by atoms with Crippen molar-refractivity contribution in [3.63, 3.8) is 0 Å². The second-order valence-corrected chi connectivity index (χ2v) is 6.56. The second kappa shape index (κ2) is 9.22. The quantitative estimate of drug-likeness (QED) is 0.732. The minimum absolute atomic E-state index is 0.0460. The van der Waals surface area contributed by atoms with E-state index in [1.165, 1.54) is 0 Å². The molecule has 1 aliphatic heterocycles. The van der Waals surface area contributed by atoms with Crippen LogP contribution >= 0.6 is 0 Å². The summed E-state index contributed by atoms with van der Waals surface area (Å²) < 4.78 is 26.5. The molecule has 0 bridgehead atoms. The maximum Gasteiger partial charge on any atom is 0.323 e. The average molecular weight is 403 g/mol. The van der Waals surface area contributed by atoms with Gasteiger partial charge in [0.25, 0.3) is 0 Å². The van der Waals surface area contributed by atoms with Gasteiger partial charge in [0.2, 0.25) is 0 Å². The van der Waals surface area contributed by atoms with Crippen LogP contribution < -0.4 is 20.9 Å². The number of amides is 4. The molecule has 7 nitrogen and oxygen atoms in total. The lowest BCUT2D eigenvalue weighted by molar-refractivity contribution is 0.195. The fourth-order valence-electron chi connectivity index (χ4n) is 3.06. The maximum atomic E-state index is 13.6. The Kier molecular flexibility index (Phi) is 6.48. The van der Waals surface area contributed by atoms with E-state index in [1.54, 1.807) is 17.0 Å². The fraction of sp³-hybridized carbons (Fsp3) is 0.300. The van der Waals surface area contributed by atoms with Gasteiger partial charge in [0.15, 0.2) is 0 Å². The monoisotopic (exact) mass is 403 g/mol. The number of carbonyl (C=O) groups excluding carboxylic acids is 2. The number of nitrogens with zero attached hydrogens (tertiary/aromatic N) is 2. The number of anilines is 3. The zero-order valence-corrected chi connectivity index (χ0v) is 16.0. The molecule has 3 rings (SSSR count). The minimum atomic E-state index is -0.845. The van der Waals surface area contributed by atoms with Gasteiger partial charge in [0.1, 0.15) is 11.6 Å². The van der Waals surface area contributed by atoms with Gasteiger partial charge in [-0.15, -0.1) is 0 Å². The van der Waals surface area contributed by atoms with Crippen LogP contribution in [0.4, 0.5) is 35.4 Å². The summed E-state index contributed by atoms with van der Waals surface area (Å²) in [6.07, 6.45) is 0. The van der Waals surface area contributed by atoms with Crippen LogP contribution in [0.5, 0.6) is 0 Å². The number of rotatable bonds is 4. The lowest BCUT2D eigenvalue weighted by Crippen LogP contribution is -2.51. The predicted molar refractivity (Wildman–Crippen MR) is 108 cm³/mol. The Hall–Kier alpha value is -3.36. The summed E-state index contributed by atoms with van der Waals surface area (Å²) in [6, 6.07) is 9.49. The molecule has 9 heteroatoms. The molecule has 0 saturated carbocycles. The zero-order chi connectivity index (χ0) is 20.8. The zero-order valence-electron chi connectivity index (χ0n) is 16.0. The Bertz CT molecular complexity index is 868. The number of nitrogens with one attached hydrogen (secondary N) is 3. The highest BCUT2D eigenvalue weighted by Crippen LogP contribution is 2.20. The van der Waals surface area contributed by atoms with Crippen molar-refractivity contribution in [2.75, 3.05) is 48.3 Å². The van der Waals surface area contributed by atoms with Crippen LogP contribution in [0.3, 0.4) is 0 Å². The molecule has 1 saturated heterocycles. The van der Waals surface area contributed by atoms with E-state index in [0.717, 1.165) is 17.8 Å². The molecular weight excluding hydrogens is 380 g/mol. The third-order valence-corrected chi connectivity index (χ3v) is 4.56. The molecule has 2 aromatic rings. The third kappa shape index (κ3) is 5.34. The Balaban J connectivity index is 1.52. The Morgan fingerprint density at radius 2 is 1.66 bits per heavy atom. The molecule has 1 heterocycles. The van der Waals surface area contributed by atoms with Crippen LogP contribution in [0, 0.1) is 11.6 Å². The Morgan fingerprint density at radius 3 is 2.28 bits per heavy atom. The van der Waals surface area contributed by atoms with Gasteiger partial charge in [-0.3, -0.25) is 0 Å². The number of hydrogen-bond acceptors (Lipinski definition) is 3. The minimum Gasteiger partial charge on any atom is -0.368 e. The molecule has 1 fully saturated rings. The van der Waals surface area contributed by atoms with Crippen LogP contribution in [0.1, 0.15) is 6.92 Å². The van der Waals surface area contributed by atoms with Crippen molar-refractivity contribution in [3.05, 3.63) is 54.1 Å². The van der Waals surface area contributed by atoms with Gasteiger partial charge >= 0.3 is 12.1 Å².